The van der Waals surface area contributed by atoms with Gasteiger partial charge in [0.1, 0.15) is 5.75 Å². The van der Waals surface area contributed by atoms with E-state index in [0.29, 0.717) is 6.54 Å². The molecule has 1 heterocycles. The van der Waals surface area contributed by atoms with Crippen molar-refractivity contribution in [1.82, 2.24) is 5.32 Å². The van der Waals surface area contributed by atoms with Gasteiger partial charge < -0.3 is 10.1 Å². The molecule has 0 fully saturated rings. The van der Waals surface area contributed by atoms with Gasteiger partial charge in [-0.1, -0.05) is 32.9 Å². The fourth-order valence-corrected chi connectivity index (χ4v) is 2.15. The van der Waals surface area contributed by atoms with Gasteiger partial charge in [-0.2, -0.15) is 0 Å². The minimum Gasteiger partial charge on any atom is -0.493 e. The second-order valence-electron chi connectivity index (χ2n) is 6.15. The van der Waals surface area contributed by atoms with E-state index in [4.69, 9.17) is 4.74 Å². The van der Waals surface area contributed by atoms with Gasteiger partial charge in [-0.05, 0) is 36.5 Å². The van der Waals surface area contributed by atoms with Crippen LogP contribution in [0.2, 0.25) is 0 Å². The van der Waals surface area contributed by atoms with Crippen LogP contribution >= 0.6 is 0 Å². The minimum atomic E-state index is -0.316. The number of aryl methyl sites for hydroxylation is 1. The van der Waals surface area contributed by atoms with Crippen LogP contribution in [0.15, 0.2) is 18.2 Å². The van der Waals surface area contributed by atoms with E-state index in [1.165, 1.54) is 11.1 Å². The predicted octanol–water partition coefficient (Wildman–Crippen LogP) is 2.72. The Balaban J connectivity index is 1.88. The van der Waals surface area contributed by atoms with Gasteiger partial charge >= 0.3 is 0 Å². The zero-order valence-electron chi connectivity index (χ0n) is 12.1. The highest BCUT2D eigenvalue weighted by Gasteiger charge is 2.20. The molecule has 1 aromatic rings. The maximum Gasteiger partial charge on any atom is 0.225 e. The van der Waals surface area contributed by atoms with E-state index >= 15 is 0 Å². The van der Waals surface area contributed by atoms with Gasteiger partial charge in [0, 0.05) is 12.0 Å². The Morgan fingerprint density at radius 1 is 1.37 bits per heavy atom. The van der Waals surface area contributed by atoms with Crippen LogP contribution in [0.1, 0.15) is 38.3 Å². The Labute approximate surface area is 115 Å². The Bertz CT molecular complexity index is 460. The number of amides is 1. The number of benzene rings is 1. The lowest BCUT2D eigenvalue weighted by Gasteiger charge is -2.19. The summed E-state index contributed by atoms with van der Waals surface area (Å²) in [7, 11) is 0. The van der Waals surface area contributed by atoms with Gasteiger partial charge in [0.25, 0.3) is 0 Å². The number of hydrogen-bond acceptors (Lipinski definition) is 2. The molecule has 0 atom stereocenters. The lowest BCUT2D eigenvalue weighted by molar-refractivity contribution is -0.128. The lowest BCUT2D eigenvalue weighted by atomic mass is 9.95. The number of fused-ring (bicyclic) bond motifs is 1. The molecular weight excluding hydrogens is 238 g/mol. The molecule has 0 unspecified atom stereocenters. The molecule has 1 N–H and O–H groups in total. The van der Waals surface area contributed by atoms with Gasteiger partial charge in [0.2, 0.25) is 5.91 Å². The molecule has 0 aliphatic carbocycles. The molecule has 1 aromatic carbocycles. The number of ether oxygens (including phenoxy) is 1. The molecule has 0 saturated heterocycles. The molecule has 0 bridgehead atoms. The van der Waals surface area contributed by atoms with Crippen LogP contribution in [-0.2, 0) is 17.6 Å². The number of carbonyl (C=O) groups is 1. The zero-order valence-corrected chi connectivity index (χ0v) is 12.1. The number of nitrogens with one attached hydrogen (secondary N) is 1. The van der Waals surface area contributed by atoms with Gasteiger partial charge in [0.05, 0.1) is 6.61 Å². The minimum absolute atomic E-state index is 0.105. The van der Waals surface area contributed by atoms with E-state index in [1.54, 1.807) is 0 Å². The van der Waals surface area contributed by atoms with E-state index in [1.807, 2.05) is 20.8 Å². The molecule has 2 rings (SSSR count). The average Bonchev–Trinajstić information content (AvgIpc) is 2.37. The van der Waals surface area contributed by atoms with Crippen molar-refractivity contribution in [2.24, 2.45) is 5.41 Å². The monoisotopic (exact) mass is 261 g/mol. The van der Waals surface area contributed by atoms with Crippen LogP contribution in [0, 0.1) is 5.41 Å². The van der Waals surface area contributed by atoms with Crippen LogP contribution in [0.5, 0.6) is 5.75 Å². The third kappa shape index (κ3) is 3.72. The van der Waals surface area contributed by atoms with Gasteiger partial charge in [-0.15, -0.1) is 0 Å². The molecule has 1 aliphatic heterocycles. The van der Waals surface area contributed by atoms with Crippen molar-refractivity contribution >= 4 is 5.91 Å². The van der Waals surface area contributed by atoms with E-state index in [-0.39, 0.29) is 11.3 Å². The summed E-state index contributed by atoms with van der Waals surface area (Å²) in [5.74, 6) is 1.13. The quantitative estimate of drug-likeness (QED) is 0.908. The summed E-state index contributed by atoms with van der Waals surface area (Å²) in [5.41, 5.74) is 2.24. The molecule has 19 heavy (non-hydrogen) atoms. The lowest BCUT2D eigenvalue weighted by Crippen LogP contribution is -2.35. The Kier molecular flexibility index (Phi) is 4.13. The van der Waals surface area contributed by atoms with E-state index in [9.17, 15) is 4.79 Å². The normalized spacial score (nSPS) is 14.5. The molecule has 1 aliphatic rings. The highest BCUT2D eigenvalue weighted by molar-refractivity contribution is 5.81. The summed E-state index contributed by atoms with van der Waals surface area (Å²) >= 11 is 0. The third-order valence-electron chi connectivity index (χ3n) is 3.35. The SMILES string of the molecule is CC(C)(C)C(=O)NCCc1ccc2c(c1)CCCO2. The van der Waals surface area contributed by atoms with Crippen LogP contribution in [0.4, 0.5) is 0 Å². The van der Waals surface area contributed by atoms with Crippen molar-refractivity contribution in [2.45, 2.75) is 40.0 Å². The molecule has 1 amide bonds. The predicted molar refractivity (Wildman–Crippen MR) is 76.4 cm³/mol. The first-order valence-electron chi connectivity index (χ1n) is 7.00. The average molecular weight is 261 g/mol. The summed E-state index contributed by atoms with van der Waals surface area (Å²) in [6.07, 6.45) is 3.06. The van der Waals surface area contributed by atoms with E-state index in [0.717, 1.165) is 31.6 Å². The third-order valence-corrected chi connectivity index (χ3v) is 3.35. The standard InChI is InChI=1S/C16H23NO2/c1-16(2,3)15(18)17-9-8-12-6-7-14-13(11-12)5-4-10-19-14/h6-7,11H,4-5,8-10H2,1-3H3,(H,17,18). The van der Waals surface area contributed by atoms with Crippen LogP contribution in [0.25, 0.3) is 0 Å². The number of hydrogen-bond donors (Lipinski definition) is 1. The zero-order chi connectivity index (χ0) is 13.9. The van der Waals surface area contributed by atoms with Crippen molar-refractivity contribution in [3.8, 4) is 5.75 Å². The molecule has 0 saturated carbocycles. The van der Waals surface area contributed by atoms with Gasteiger partial charge in [-0.3, -0.25) is 4.79 Å². The van der Waals surface area contributed by atoms with Crippen molar-refractivity contribution in [3.05, 3.63) is 29.3 Å². The highest BCUT2D eigenvalue weighted by Crippen LogP contribution is 2.25. The van der Waals surface area contributed by atoms with Crippen LogP contribution in [-0.4, -0.2) is 19.1 Å². The van der Waals surface area contributed by atoms with Crippen molar-refractivity contribution in [3.63, 3.8) is 0 Å². The van der Waals surface area contributed by atoms with Crippen molar-refractivity contribution < 1.29 is 9.53 Å². The second kappa shape index (κ2) is 5.64. The summed E-state index contributed by atoms with van der Waals surface area (Å²) in [6, 6.07) is 6.35. The first kappa shape index (κ1) is 13.9. The van der Waals surface area contributed by atoms with Crippen molar-refractivity contribution in [1.29, 1.82) is 0 Å². The molecule has 0 aromatic heterocycles. The fourth-order valence-electron chi connectivity index (χ4n) is 2.15. The smallest absolute Gasteiger partial charge is 0.225 e. The fraction of sp³-hybridized carbons (Fsp3) is 0.562. The first-order chi connectivity index (χ1) is 8.97. The van der Waals surface area contributed by atoms with E-state index < -0.39 is 0 Å². The Hall–Kier alpha value is -1.51. The maximum absolute atomic E-state index is 11.8. The van der Waals surface area contributed by atoms with Crippen molar-refractivity contribution in [2.75, 3.05) is 13.2 Å². The van der Waals surface area contributed by atoms with Crippen LogP contribution in [0.3, 0.4) is 0 Å². The van der Waals surface area contributed by atoms with Gasteiger partial charge in [0.15, 0.2) is 0 Å². The molecule has 3 heteroatoms. The van der Waals surface area contributed by atoms with Gasteiger partial charge in [-0.25, -0.2) is 0 Å². The first-order valence-corrected chi connectivity index (χ1v) is 7.00. The molecule has 3 nitrogen and oxygen atoms in total. The summed E-state index contributed by atoms with van der Waals surface area (Å²) in [5, 5.41) is 2.98. The number of carbonyl (C=O) groups excluding carboxylic acids is 1. The summed E-state index contributed by atoms with van der Waals surface area (Å²) in [6.45, 7) is 7.30. The molecule has 0 spiro atoms. The largest absolute Gasteiger partial charge is 0.493 e. The Morgan fingerprint density at radius 2 is 2.16 bits per heavy atom. The van der Waals surface area contributed by atoms with Crippen LogP contribution < -0.4 is 10.1 Å². The topological polar surface area (TPSA) is 38.3 Å². The summed E-state index contributed by atoms with van der Waals surface area (Å²) in [4.78, 5) is 11.8. The highest BCUT2D eigenvalue weighted by atomic mass is 16.5. The maximum atomic E-state index is 11.8. The van der Waals surface area contributed by atoms with E-state index in [2.05, 4.69) is 23.5 Å². The number of rotatable bonds is 3. The second-order valence-corrected chi connectivity index (χ2v) is 6.15. The summed E-state index contributed by atoms with van der Waals surface area (Å²) < 4.78 is 5.60. The molecular formula is C16H23NO2. The Morgan fingerprint density at radius 3 is 2.89 bits per heavy atom. The molecule has 0 radical (unpaired) electrons. The molecule has 104 valence electrons.